The van der Waals surface area contributed by atoms with E-state index in [2.05, 4.69) is 10.2 Å². The number of alkyl carbamates (subject to hydrolysis) is 1. The minimum Gasteiger partial charge on any atom is -0.466 e. The van der Waals surface area contributed by atoms with Gasteiger partial charge in [-0.3, -0.25) is 0 Å². The fourth-order valence-electron chi connectivity index (χ4n) is 3.86. The molecule has 1 atom stereocenters. The van der Waals surface area contributed by atoms with Gasteiger partial charge in [-0.2, -0.15) is 0 Å². The molecule has 0 radical (unpaired) electrons. The second kappa shape index (κ2) is 10.1. The molecular weight excluding hydrogens is 430 g/mol. The lowest BCUT2D eigenvalue weighted by Gasteiger charge is -2.34. The smallest absolute Gasteiger partial charge is 0.407 e. The Hall–Kier alpha value is -3.27. The van der Waals surface area contributed by atoms with E-state index in [1.165, 1.54) is 14.2 Å². The van der Waals surface area contributed by atoms with Crippen molar-refractivity contribution in [3.63, 3.8) is 0 Å². The predicted octanol–water partition coefficient (Wildman–Crippen LogP) is 2.18. The molecule has 2 heterocycles. The van der Waals surface area contributed by atoms with E-state index in [0.29, 0.717) is 18.8 Å². The van der Waals surface area contributed by atoms with Crippen LogP contribution in [0.25, 0.3) is 0 Å². The maximum Gasteiger partial charge on any atom is 0.407 e. The molecule has 0 bridgehead atoms. The summed E-state index contributed by atoms with van der Waals surface area (Å²) in [4.78, 5) is 40.8. The third-order valence-corrected chi connectivity index (χ3v) is 5.26. The van der Waals surface area contributed by atoms with Gasteiger partial charge in [-0.1, -0.05) is 12.1 Å². The molecule has 1 aromatic rings. The zero-order valence-electron chi connectivity index (χ0n) is 19.7. The summed E-state index contributed by atoms with van der Waals surface area (Å²) in [6.07, 6.45) is 0.280. The van der Waals surface area contributed by atoms with Gasteiger partial charge in [-0.15, -0.1) is 0 Å². The number of benzene rings is 1. The third kappa shape index (κ3) is 5.75. The first-order valence-electron chi connectivity index (χ1n) is 10.7. The van der Waals surface area contributed by atoms with E-state index < -0.39 is 23.6 Å². The fourth-order valence-corrected chi connectivity index (χ4v) is 3.86. The Morgan fingerprint density at radius 1 is 1.06 bits per heavy atom. The molecule has 33 heavy (non-hydrogen) atoms. The minimum atomic E-state index is -0.653. The number of methoxy groups -OCH3 is 2. The second-order valence-corrected chi connectivity index (χ2v) is 8.78. The van der Waals surface area contributed by atoms with E-state index in [9.17, 15) is 14.4 Å². The number of rotatable bonds is 5. The summed E-state index contributed by atoms with van der Waals surface area (Å²) in [6.45, 7) is 6.72. The Kier molecular flexibility index (Phi) is 7.47. The van der Waals surface area contributed by atoms with Crippen molar-refractivity contribution >= 4 is 29.4 Å². The largest absolute Gasteiger partial charge is 0.466 e. The van der Waals surface area contributed by atoms with Crippen molar-refractivity contribution < 1.29 is 33.3 Å². The third-order valence-electron chi connectivity index (χ3n) is 5.26. The van der Waals surface area contributed by atoms with Crippen LogP contribution in [-0.2, 0) is 28.5 Å². The summed E-state index contributed by atoms with van der Waals surface area (Å²) in [5.41, 5.74) is 1.12. The molecule has 1 N–H and O–H groups in total. The zero-order chi connectivity index (χ0) is 24.2. The lowest BCUT2D eigenvalue weighted by atomic mass is 10.1. The molecule has 1 aromatic carbocycles. The molecule has 0 aromatic heterocycles. The molecule has 10 heteroatoms. The zero-order valence-corrected chi connectivity index (χ0v) is 19.7. The summed E-state index contributed by atoms with van der Waals surface area (Å²) in [6, 6.07) is 7.41. The van der Waals surface area contributed by atoms with Crippen LogP contribution in [0.4, 0.5) is 16.2 Å². The average Bonchev–Trinajstić information content (AvgIpc) is 3.24. The molecule has 1 saturated heterocycles. The highest BCUT2D eigenvalue weighted by atomic mass is 16.6. The van der Waals surface area contributed by atoms with E-state index in [0.717, 1.165) is 12.1 Å². The van der Waals surface area contributed by atoms with Gasteiger partial charge in [0.2, 0.25) is 0 Å². The molecular formula is C23H31N3O7. The molecule has 3 rings (SSSR count). The second-order valence-electron chi connectivity index (χ2n) is 8.78. The van der Waals surface area contributed by atoms with Crippen LogP contribution in [0.3, 0.4) is 0 Å². The van der Waals surface area contributed by atoms with Gasteiger partial charge in [-0.05, 0) is 39.3 Å². The van der Waals surface area contributed by atoms with Crippen LogP contribution in [0.2, 0.25) is 0 Å². The van der Waals surface area contributed by atoms with Crippen LogP contribution in [0.5, 0.6) is 0 Å². The van der Waals surface area contributed by atoms with Gasteiger partial charge < -0.3 is 34.1 Å². The molecule has 10 nitrogen and oxygen atoms in total. The summed E-state index contributed by atoms with van der Waals surface area (Å²) in [7, 11) is 2.51. The fraction of sp³-hybridized carbons (Fsp3) is 0.522. The molecule has 180 valence electrons. The molecule has 1 unspecified atom stereocenters. The number of amides is 1. The van der Waals surface area contributed by atoms with Gasteiger partial charge in [0.1, 0.15) is 18.0 Å². The lowest BCUT2D eigenvalue weighted by molar-refractivity contribution is -0.140. The maximum atomic E-state index is 12.6. The molecule has 1 fully saturated rings. The Morgan fingerprint density at radius 3 is 2.36 bits per heavy atom. The minimum absolute atomic E-state index is 0.0542. The quantitative estimate of drug-likeness (QED) is 0.522. The van der Waals surface area contributed by atoms with Crippen LogP contribution in [0.15, 0.2) is 35.5 Å². The van der Waals surface area contributed by atoms with Crippen molar-refractivity contribution in [1.29, 1.82) is 0 Å². The summed E-state index contributed by atoms with van der Waals surface area (Å²) >= 11 is 0. The van der Waals surface area contributed by atoms with E-state index in [-0.39, 0.29) is 30.6 Å². The van der Waals surface area contributed by atoms with Crippen molar-refractivity contribution in [2.75, 3.05) is 50.4 Å². The van der Waals surface area contributed by atoms with Gasteiger partial charge in [-0.25, -0.2) is 14.4 Å². The number of ether oxygens (including phenoxy) is 4. The first kappa shape index (κ1) is 24.4. The molecule has 0 aliphatic carbocycles. The SMILES string of the molecule is COC(=O)C1=C(C(=O)OC)N(c2ccccc2N2CCC(NC(=O)OC(C)(C)C)C2)COC1. The summed E-state index contributed by atoms with van der Waals surface area (Å²) < 4.78 is 20.8. The van der Waals surface area contributed by atoms with Gasteiger partial charge in [0.05, 0.1) is 43.8 Å². The Labute approximate surface area is 193 Å². The Balaban J connectivity index is 1.87. The molecule has 2 aliphatic rings. The van der Waals surface area contributed by atoms with Gasteiger partial charge in [0.25, 0.3) is 0 Å². The van der Waals surface area contributed by atoms with Crippen molar-refractivity contribution in [1.82, 2.24) is 5.32 Å². The van der Waals surface area contributed by atoms with E-state index in [1.807, 2.05) is 45.0 Å². The van der Waals surface area contributed by atoms with Gasteiger partial charge in [0.15, 0.2) is 0 Å². The van der Waals surface area contributed by atoms with E-state index in [1.54, 1.807) is 4.90 Å². The number of nitrogens with zero attached hydrogens (tertiary/aromatic N) is 2. The normalized spacial score (nSPS) is 18.8. The number of hydrogen-bond acceptors (Lipinski definition) is 9. The number of hydrogen-bond donors (Lipinski definition) is 1. The molecule has 2 aliphatic heterocycles. The van der Waals surface area contributed by atoms with Gasteiger partial charge in [0, 0.05) is 13.1 Å². The monoisotopic (exact) mass is 461 g/mol. The number of anilines is 2. The van der Waals surface area contributed by atoms with Crippen LogP contribution in [0.1, 0.15) is 27.2 Å². The highest BCUT2D eigenvalue weighted by molar-refractivity contribution is 6.04. The van der Waals surface area contributed by atoms with Crippen molar-refractivity contribution in [3.05, 3.63) is 35.5 Å². The predicted molar refractivity (Wildman–Crippen MR) is 121 cm³/mol. The van der Waals surface area contributed by atoms with Crippen LogP contribution >= 0.6 is 0 Å². The van der Waals surface area contributed by atoms with Gasteiger partial charge >= 0.3 is 18.0 Å². The topological polar surface area (TPSA) is 107 Å². The van der Waals surface area contributed by atoms with Crippen molar-refractivity contribution in [3.8, 4) is 0 Å². The van der Waals surface area contributed by atoms with Crippen molar-refractivity contribution in [2.24, 2.45) is 0 Å². The van der Waals surface area contributed by atoms with Crippen molar-refractivity contribution in [2.45, 2.75) is 38.8 Å². The van der Waals surface area contributed by atoms with E-state index >= 15 is 0 Å². The highest BCUT2D eigenvalue weighted by Crippen LogP contribution is 2.36. The number of carbonyl (C=O) groups excluding carboxylic acids is 3. The molecule has 0 spiro atoms. The molecule has 0 saturated carbocycles. The highest BCUT2D eigenvalue weighted by Gasteiger charge is 2.35. The first-order valence-corrected chi connectivity index (χ1v) is 10.7. The number of esters is 2. The summed E-state index contributed by atoms with van der Waals surface area (Å²) in [5.74, 6) is -1.31. The van der Waals surface area contributed by atoms with Crippen LogP contribution in [0, 0.1) is 0 Å². The summed E-state index contributed by atoms with van der Waals surface area (Å²) in [5, 5.41) is 2.91. The van der Waals surface area contributed by atoms with Crippen LogP contribution < -0.4 is 15.1 Å². The lowest BCUT2D eigenvalue weighted by Crippen LogP contribution is -2.41. The average molecular weight is 462 g/mol. The standard InChI is InChI=1S/C23H31N3O7/c1-23(2,3)33-22(29)24-15-10-11-25(12-15)17-8-6-7-9-18(17)26-14-32-13-16(20(27)30-4)19(26)21(28)31-5/h6-9,15H,10-14H2,1-5H3,(H,24,29). The first-order chi connectivity index (χ1) is 15.6. The van der Waals surface area contributed by atoms with Crippen LogP contribution in [-0.4, -0.2) is 70.3 Å². The number of carbonyl (C=O) groups is 3. The van der Waals surface area contributed by atoms with E-state index in [4.69, 9.17) is 18.9 Å². The number of para-hydroxylation sites is 2. The maximum absolute atomic E-state index is 12.6. The Morgan fingerprint density at radius 2 is 1.73 bits per heavy atom. The molecule has 1 amide bonds. The number of nitrogens with one attached hydrogen (secondary N) is 1. The Bertz CT molecular complexity index is 938.